The third-order valence-corrected chi connectivity index (χ3v) is 4.23. The van der Waals surface area contributed by atoms with E-state index < -0.39 is 6.10 Å². The normalized spacial score (nSPS) is 15.6. The van der Waals surface area contributed by atoms with Gasteiger partial charge >= 0.3 is 0 Å². The smallest absolute Gasteiger partial charge is 0.265 e. The lowest BCUT2D eigenvalue weighted by Gasteiger charge is -2.23. The third kappa shape index (κ3) is 3.78. The highest BCUT2D eigenvalue weighted by Gasteiger charge is 2.23. The fraction of sp³-hybridized carbons (Fsp3) is 0.0952. The van der Waals surface area contributed by atoms with E-state index in [1.807, 2.05) is 36.5 Å². The van der Waals surface area contributed by atoms with Crippen molar-refractivity contribution in [2.24, 2.45) is 0 Å². The standard InChI is InChI=1S/C21H18N4O3/c1-14-21(27)24-18-11-16(8-9-19(18)28-14)23-20(26)10-7-15-12-22-25(13-15)17-5-3-2-4-6-17/h2-14H,1H3,(H,23,26)(H,24,27)/b10-7+/t14-/m1/s1. The predicted molar refractivity (Wildman–Crippen MR) is 106 cm³/mol. The van der Waals surface area contributed by atoms with E-state index in [1.54, 1.807) is 42.1 Å². The maximum Gasteiger partial charge on any atom is 0.265 e. The molecule has 1 aromatic heterocycles. The van der Waals surface area contributed by atoms with Gasteiger partial charge in [0.25, 0.3) is 5.91 Å². The predicted octanol–water partition coefficient (Wildman–Crippen LogP) is 3.24. The fourth-order valence-corrected chi connectivity index (χ4v) is 2.79. The zero-order valence-corrected chi connectivity index (χ0v) is 15.1. The monoisotopic (exact) mass is 374 g/mol. The highest BCUT2D eigenvalue weighted by molar-refractivity contribution is 6.03. The Balaban J connectivity index is 1.42. The van der Waals surface area contributed by atoms with Gasteiger partial charge in [0.05, 0.1) is 17.6 Å². The summed E-state index contributed by atoms with van der Waals surface area (Å²) in [7, 11) is 0. The Hall–Kier alpha value is -3.87. The summed E-state index contributed by atoms with van der Waals surface area (Å²) < 4.78 is 7.24. The number of hydrogen-bond acceptors (Lipinski definition) is 4. The largest absolute Gasteiger partial charge is 0.479 e. The van der Waals surface area contributed by atoms with Crippen LogP contribution < -0.4 is 15.4 Å². The molecule has 1 aliphatic rings. The van der Waals surface area contributed by atoms with Gasteiger partial charge in [0, 0.05) is 23.5 Å². The van der Waals surface area contributed by atoms with Crippen LogP contribution in [0.15, 0.2) is 67.0 Å². The van der Waals surface area contributed by atoms with Crippen LogP contribution in [-0.2, 0) is 9.59 Å². The van der Waals surface area contributed by atoms with Crippen LogP contribution in [0.4, 0.5) is 11.4 Å². The van der Waals surface area contributed by atoms with Crippen molar-refractivity contribution in [1.29, 1.82) is 0 Å². The van der Waals surface area contributed by atoms with E-state index in [0.29, 0.717) is 17.1 Å². The van der Waals surface area contributed by atoms with E-state index in [1.165, 1.54) is 6.08 Å². The zero-order chi connectivity index (χ0) is 19.5. The summed E-state index contributed by atoms with van der Waals surface area (Å²) in [6.45, 7) is 1.68. The van der Waals surface area contributed by atoms with E-state index in [2.05, 4.69) is 15.7 Å². The van der Waals surface area contributed by atoms with Gasteiger partial charge in [-0.05, 0) is 43.3 Å². The van der Waals surface area contributed by atoms with E-state index >= 15 is 0 Å². The number of benzene rings is 2. The second-order valence-electron chi connectivity index (χ2n) is 6.34. The number of nitrogens with one attached hydrogen (secondary N) is 2. The molecule has 7 heteroatoms. The second-order valence-corrected chi connectivity index (χ2v) is 6.34. The van der Waals surface area contributed by atoms with Crippen molar-refractivity contribution in [3.63, 3.8) is 0 Å². The Morgan fingerprint density at radius 2 is 2.07 bits per heavy atom. The maximum atomic E-state index is 12.2. The number of rotatable bonds is 4. The van der Waals surface area contributed by atoms with Crippen molar-refractivity contribution < 1.29 is 14.3 Å². The lowest BCUT2D eigenvalue weighted by molar-refractivity contribution is -0.122. The van der Waals surface area contributed by atoms with Gasteiger partial charge in [-0.2, -0.15) is 5.10 Å². The molecule has 3 aromatic rings. The molecule has 0 spiro atoms. The van der Waals surface area contributed by atoms with Crippen molar-refractivity contribution in [3.05, 3.63) is 72.6 Å². The van der Waals surface area contributed by atoms with Crippen LogP contribution in [-0.4, -0.2) is 27.7 Å². The molecule has 140 valence electrons. The Morgan fingerprint density at radius 3 is 2.89 bits per heavy atom. The number of para-hydroxylation sites is 1. The van der Waals surface area contributed by atoms with Crippen molar-refractivity contribution in [1.82, 2.24) is 9.78 Å². The number of ether oxygens (including phenoxy) is 1. The lowest BCUT2D eigenvalue weighted by atomic mass is 10.2. The van der Waals surface area contributed by atoms with E-state index in [9.17, 15) is 9.59 Å². The number of nitrogens with zero attached hydrogens (tertiary/aromatic N) is 2. The van der Waals surface area contributed by atoms with Gasteiger partial charge in [0.1, 0.15) is 5.75 Å². The average molecular weight is 374 g/mol. The molecule has 7 nitrogen and oxygen atoms in total. The third-order valence-electron chi connectivity index (χ3n) is 4.23. The van der Waals surface area contributed by atoms with Gasteiger partial charge < -0.3 is 15.4 Å². The first kappa shape index (κ1) is 17.5. The molecule has 0 unspecified atom stereocenters. The fourth-order valence-electron chi connectivity index (χ4n) is 2.79. The average Bonchev–Trinajstić information content (AvgIpc) is 3.17. The number of carbonyl (C=O) groups is 2. The first-order chi connectivity index (χ1) is 13.6. The molecule has 1 aliphatic heterocycles. The topological polar surface area (TPSA) is 85.2 Å². The van der Waals surface area contributed by atoms with E-state index in [4.69, 9.17) is 4.74 Å². The van der Waals surface area contributed by atoms with Gasteiger partial charge in [-0.25, -0.2) is 4.68 Å². The summed E-state index contributed by atoms with van der Waals surface area (Å²) in [6.07, 6.45) is 6.11. The molecule has 0 aliphatic carbocycles. The van der Waals surface area contributed by atoms with Crippen LogP contribution in [0, 0.1) is 0 Å². The molecule has 2 aromatic carbocycles. The molecule has 0 fully saturated rings. The minimum Gasteiger partial charge on any atom is -0.479 e. The first-order valence-electron chi connectivity index (χ1n) is 8.79. The molecule has 2 amide bonds. The number of fused-ring (bicyclic) bond motifs is 1. The first-order valence-corrected chi connectivity index (χ1v) is 8.79. The maximum absolute atomic E-state index is 12.2. The van der Waals surface area contributed by atoms with E-state index in [0.717, 1.165) is 11.3 Å². The van der Waals surface area contributed by atoms with Crippen molar-refractivity contribution >= 4 is 29.3 Å². The number of carbonyl (C=O) groups excluding carboxylic acids is 2. The molecule has 0 bridgehead atoms. The molecule has 0 saturated heterocycles. The lowest BCUT2D eigenvalue weighted by Crippen LogP contribution is -2.34. The van der Waals surface area contributed by atoms with E-state index in [-0.39, 0.29) is 11.8 Å². The highest BCUT2D eigenvalue weighted by atomic mass is 16.5. The van der Waals surface area contributed by atoms with Crippen molar-refractivity contribution in [2.45, 2.75) is 13.0 Å². The summed E-state index contributed by atoms with van der Waals surface area (Å²) in [5, 5.41) is 9.81. The quantitative estimate of drug-likeness (QED) is 0.687. The molecular formula is C21H18N4O3. The molecule has 1 atom stereocenters. The van der Waals surface area contributed by atoms with Crippen molar-refractivity contribution in [2.75, 3.05) is 10.6 Å². The van der Waals surface area contributed by atoms with Gasteiger partial charge in [0.2, 0.25) is 5.91 Å². The van der Waals surface area contributed by atoms with Gasteiger partial charge in [-0.3, -0.25) is 9.59 Å². The number of anilines is 2. The summed E-state index contributed by atoms with van der Waals surface area (Å²) in [6, 6.07) is 14.8. The van der Waals surface area contributed by atoms with Crippen LogP contribution >= 0.6 is 0 Å². The Kier molecular flexibility index (Phi) is 4.63. The zero-order valence-electron chi connectivity index (χ0n) is 15.1. The highest BCUT2D eigenvalue weighted by Crippen LogP contribution is 2.32. The molecule has 4 rings (SSSR count). The SMILES string of the molecule is C[C@H]1Oc2ccc(NC(=O)/C=C/c3cnn(-c4ccccc4)c3)cc2NC1=O. The molecule has 0 saturated carbocycles. The molecule has 2 N–H and O–H groups in total. The van der Waals surface area contributed by atoms with Crippen LogP contribution in [0.3, 0.4) is 0 Å². The number of aromatic nitrogens is 2. The van der Waals surface area contributed by atoms with Gasteiger partial charge in [-0.15, -0.1) is 0 Å². The second kappa shape index (κ2) is 7.40. The van der Waals surface area contributed by atoms with Crippen molar-refractivity contribution in [3.8, 4) is 11.4 Å². The van der Waals surface area contributed by atoms with Crippen LogP contribution in [0.1, 0.15) is 12.5 Å². The summed E-state index contributed by atoms with van der Waals surface area (Å²) in [4.78, 5) is 23.9. The van der Waals surface area contributed by atoms with Crippen LogP contribution in [0.2, 0.25) is 0 Å². The minimum atomic E-state index is -0.535. The van der Waals surface area contributed by atoms with Gasteiger partial charge in [0.15, 0.2) is 6.10 Å². The molecule has 28 heavy (non-hydrogen) atoms. The Labute approximate surface area is 161 Å². The summed E-state index contributed by atoms with van der Waals surface area (Å²) in [5.74, 6) is 0.0732. The summed E-state index contributed by atoms with van der Waals surface area (Å²) in [5.41, 5.74) is 2.85. The van der Waals surface area contributed by atoms with Crippen LogP contribution in [0.5, 0.6) is 5.75 Å². The molecule has 2 heterocycles. The number of amides is 2. The molecular weight excluding hydrogens is 356 g/mol. The summed E-state index contributed by atoms with van der Waals surface area (Å²) >= 11 is 0. The Bertz CT molecular complexity index is 1060. The minimum absolute atomic E-state index is 0.216. The van der Waals surface area contributed by atoms with Crippen LogP contribution in [0.25, 0.3) is 11.8 Å². The number of hydrogen-bond donors (Lipinski definition) is 2. The Morgan fingerprint density at radius 1 is 1.25 bits per heavy atom. The van der Waals surface area contributed by atoms with Gasteiger partial charge in [-0.1, -0.05) is 18.2 Å². The molecule has 0 radical (unpaired) electrons.